The number of amides is 1. The van der Waals surface area contributed by atoms with Crippen LogP contribution in [0, 0.1) is 5.92 Å². The molecule has 4 nitrogen and oxygen atoms in total. The van der Waals surface area contributed by atoms with Gasteiger partial charge in [-0.05, 0) is 45.0 Å². The van der Waals surface area contributed by atoms with E-state index in [-0.39, 0.29) is 24.0 Å². The van der Waals surface area contributed by atoms with E-state index >= 15 is 0 Å². The van der Waals surface area contributed by atoms with Gasteiger partial charge in [-0.1, -0.05) is 0 Å². The van der Waals surface area contributed by atoms with E-state index in [1.165, 1.54) is 0 Å². The third-order valence-corrected chi connectivity index (χ3v) is 3.04. The van der Waals surface area contributed by atoms with Gasteiger partial charge in [-0.15, -0.1) is 0 Å². The van der Waals surface area contributed by atoms with Crippen molar-refractivity contribution in [2.45, 2.75) is 32.8 Å². The molecule has 1 amide bonds. The zero-order valence-electron chi connectivity index (χ0n) is 11.7. The Morgan fingerprint density at radius 2 is 1.95 bits per heavy atom. The van der Waals surface area contributed by atoms with E-state index in [1.54, 1.807) is 4.90 Å². The van der Waals surface area contributed by atoms with E-state index < -0.39 is 0 Å². The molecule has 1 unspecified atom stereocenters. The molecule has 0 radical (unpaired) electrons. The van der Waals surface area contributed by atoms with E-state index in [0.29, 0.717) is 13.0 Å². The number of aliphatic hydroxyl groups is 1. The predicted molar refractivity (Wildman–Crippen MR) is 74.4 cm³/mol. The van der Waals surface area contributed by atoms with E-state index in [9.17, 15) is 4.79 Å². The van der Waals surface area contributed by atoms with E-state index in [2.05, 4.69) is 0 Å². The number of nitrogens with zero attached hydrogens (tertiary/aromatic N) is 1. The van der Waals surface area contributed by atoms with Crippen molar-refractivity contribution >= 4 is 11.6 Å². The van der Waals surface area contributed by atoms with Crippen LogP contribution in [0.15, 0.2) is 24.3 Å². The highest BCUT2D eigenvalue weighted by atomic mass is 16.5. The van der Waals surface area contributed by atoms with Crippen molar-refractivity contribution in [1.29, 1.82) is 0 Å². The fraction of sp³-hybridized carbons (Fsp3) is 0.533. The molecule has 0 aliphatic carbocycles. The summed E-state index contributed by atoms with van der Waals surface area (Å²) in [7, 11) is 0. The molecule has 1 N–H and O–H groups in total. The maximum absolute atomic E-state index is 11.8. The minimum atomic E-state index is -0.229. The number of aliphatic hydroxyl groups excluding tert-OH is 1. The van der Waals surface area contributed by atoms with Crippen molar-refractivity contribution in [1.82, 2.24) is 0 Å². The lowest BCUT2D eigenvalue weighted by Gasteiger charge is -2.22. The highest BCUT2D eigenvalue weighted by molar-refractivity contribution is 5.95. The lowest BCUT2D eigenvalue weighted by Crippen LogP contribution is -2.25. The predicted octanol–water partition coefficient (Wildman–Crippen LogP) is 2.21. The molecular weight excluding hydrogens is 242 g/mol. The summed E-state index contributed by atoms with van der Waals surface area (Å²) in [4.78, 5) is 13.6. The van der Waals surface area contributed by atoms with Crippen LogP contribution in [-0.4, -0.2) is 29.8 Å². The van der Waals surface area contributed by atoms with Gasteiger partial charge in [0.1, 0.15) is 11.4 Å². The zero-order chi connectivity index (χ0) is 14.0. The summed E-state index contributed by atoms with van der Waals surface area (Å²) >= 11 is 0. The summed E-state index contributed by atoms with van der Waals surface area (Å²) in [5.41, 5.74) is 0.634. The molecule has 0 bridgehead atoms. The van der Waals surface area contributed by atoms with Crippen LogP contribution in [0.3, 0.4) is 0 Å². The molecule has 1 saturated heterocycles. The lowest BCUT2D eigenvalue weighted by atomic mass is 10.1. The van der Waals surface area contributed by atoms with Gasteiger partial charge in [0.15, 0.2) is 0 Å². The molecule has 0 saturated carbocycles. The summed E-state index contributed by atoms with van der Waals surface area (Å²) < 4.78 is 5.75. The summed E-state index contributed by atoms with van der Waals surface area (Å²) in [6, 6.07) is 7.53. The number of ether oxygens (including phenoxy) is 1. The number of rotatable bonds is 3. The first-order valence-electron chi connectivity index (χ1n) is 6.59. The monoisotopic (exact) mass is 263 g/mol. The molecule has 1 atom stereocenters. The Kier molecular flexibility index (Phi) is 3.80. The third-order valence-electron chi connectivity index (χ3n) is 3.04. The molecular formula is C15H21NO3. The SMILES string of the molecule is CC(C)(C)Oc1ccc(N2CC(CO)CC2=O)cc1. The number of anilines is 1. The number of benzene rings is 1. The van der Waals surface area contributed by atoms with Gasteiger partial charge in [0.05, 0.1) is 0 Å². The zero-order valence-corrected chi connectivity index (χ0v) is 11.7. The maximum atomic E-state index is 11.8. The van der Waals surface area contributed by atoms with Gasteiger partial charge in [0.2, 0.25) is 5.91 Å². The Balaban J connectivity index is 2.08. The quantitative estimate of drug-likeness (QED) is 0.909. The Morgan fingerprint density at radius 1 is 1.32 bits per heavy atom. The molecule has 1 aromatic rings. The number of carbonyl (C=O) groups excluding carboxylic acids is 1. The van der Waals surface area contributed by atoms with Crippen molar-refractivity contribution in [3.8, 4) is 5.75 Å². The Hall–Kier alpha value is -1.55. The van der Waals surface area contributed by atoms with Gasteiger partial charge in [-0.25, -0.2) is 0 Å². The normalized spacial score (nSPS) is 19.9. The third kappa shape index (κ3) is 3.47. The number of hydrogen-bond donors (Lipinski definition) is 1. The largest absolute Gasteiger partial charge is 0.488 e. The standard InChI is InChI=1S/C15H21NO3/c1-15(2,3)19-13-6-4-12(5-7-13)16-9-11(10-17)8-14(16)18/h4-7,11,17H,8-10H2,1-3H3. The molecule has 104 valence electrons. The Bertz CT molecular complexity index is 447. The first kappa shape index (κ1) is 13.9. The highest BCUT2D eigenvalue weighted by Gasteiger charge is 2.29. The molecule has 1 aromatic carbocycles. The second-order valence-electron chi connectivity index (χ2n) is 5.97. The summed E-state index contributed by atoms with van der Waals surface area (Å²) in [5.74, 6) is 0.920. The van der Waals surface area contributed by atoms with Gasteiger partial charge in [0, 0.05) is 31.2 Å². The molecule has 4 heteroatoms. The van der Waals surface area contributed by atoms with Crippen molar-refractivity contribution in [2.75, 3.05) is 18.1 Å². The molecule has 19 heavy (non-hydrogen) atoms. The first-order chi connectivity index (χ1) is 8.89. The summed E-state index contributed by atoms with van der Waals surface area (Å²) in [6.07, 6.45) is 0.427. The van der Waals surface area contributed by atoms with Crippen LogP contribution in [0.2, 0.25) is 0 Å². The topological polar surface area (TPSA) is 49.8 Å². The van der Waals surface area contributed by atoms with E-state index in [4.69, 9.17) is 9.84 Å². The van der Waals surface area contributed by atoms with Gasteiger partial charge < -0.3 is 14.7 Å². The van der Waals surface area contributed by atoms with Crippen LogP contribution in [-0.2, 0) is 4.79 Å². The minimum Gasteiger partial charge on any atom is -0.488 e. The molecule has 1 heterocycles. The van der Waals surface area contributed by atoms with Crippen molar-refractivity contribution in [3.63, 3.8) is 0 Å². The second kappa shape index (κ2) is 5.21. The Labute approximate surface area is 114 Å². The number of carbonyl (C=O) groups is 1. The van der Waals surface area contributed by atoms with Gasteiger partial charge in [0.25, 0.3) is 0 Å². The van der Waals surface area contributed by atoms with Gasteiger partial charge in [-0.3, -0.25) is 4.79 Å². The molecule has 0 spiro atoms. The smallest absolute Gasteiger partial charge is 0.227 e. The first-order valence-corrected chi connectivity index (χ1v) is 6.59. The fourth-order valence-corrected chi connectivity index (χ4v) is 2.20. The molecule has 0 aromatic heterocycles. The van der Waals surface area contributed by atoms with Crippen LogP contribution in [0.1, 0.15) is 27.2 Å². The minimum absolute atomic E-state index is 0.0537. The van der Waals surface area contributed by atoms with Crippen LogP contribution < -0.4 is 9.64 Å². The van der Waals surface area contributed by atoms with Gasteiger partial charge >= 0.3 is 0 Å². The maximum Gasteiger partial charge on any atom is 0.227 e. The lowest BCUT2D eigenvalue weighted by molar-refractivity contribution is -0.117. The van der Waals surface area contributed by atoms with Crippen molar-refractivity contribution in [2.24, 2.45) is 5.92 Å². The van der Waals surface area contributed by atoms with E-state index in [0.717, 1.165) is 11.4 Å². The van der Waals surface area contributed by atoms with Crippen LogP contribution in [0.5, 0.6) is 5.75 Å². The average molecular weight is 263 g/mol. The number of hydrogen-bond acceptors (Lipinski definition) is 3. The van der Waals surface area contributed by atoms with Crippen LogP contribution in [0.25, 0.3) is 0 Å². The second-order valence-corrected chi connectivity index (χ2v) is 5.97. The van der Waals surface area contributed by atoms with Crippen LogP contribution in [0.4, 0.5) is 5.69 Å². The fourth-order valence-electron chi connectivity index (χ4n) is 2.20. The average Bonchev–Trinajstić information content (AvgIpc) is 2.70. The molecule has 1 aliphatic heterocycles. The molecule has 1 fully saturated rings. The molecule has 2 rings (SSSR count). The van der Waals surface area contributed by atoms with Crippen molar-refractivity contribution in [3.05, 3.63) is 24.3 Å². The Morgan fingerprint density at radius 3 is 2.42 bits per heavy atom. The summed E-state index contributed by atoms with van der Waals surface area (Å²) in [6.45, 7) is 6.65. The van der Waals surface area contributed by atoms with Gasteiger partial charge in [-0.2, -0.15) is 0 Å². The van der Waals surface area contributed by atoms with Crippen molar-refractivity contribution < 1.29 is 14.6 Å². The highest BCUT2D eigenvalue weighted by Crippen LogP contribution is 2.27. The molecule has 1 aliphatic rings. The summed E-state index contributed by atoms with van der Waals surface area (Å²) in [5, 5.41) is 9.12. The van der Waals surface area contributed by atoms with E-state index in [1.807, 2.05) is 45.0 Å². The van der Waals surface area contributed by atoms with Crippen LogP contribution >= 0.6 is 0 Å².